The number of hydrogen-bond donors (Lipinski definition) is 4. The van der Waals surface area contributed by atoms with Gasteiger partial charge >= 0.3 is 0 Å². The second-order valence-electron chi connectivity index (χ2n) is 6.99. The Bertz CT molecular complexity index is 817. The summed E-state index contributed by atoms with van der Waals surface area (Å²) in [5.74, 6) is 1.08. The minimum Gasteiger partial charge on any atom is -0.394 e. The molecule has 3 heterocycles. The minimum absolute atomic E-state index is 0.117. The third-order valence-corrected chi connectivity index (χ3v) is 5.32. The Kier molecular flexibility index (Phi) is 5.45. The molecular formula is C18H22ClN3O5. The van der Waals surface area contributed by atoms with Crippen LogP contribution in [0.3, 0.4) is 0 Å². The number of aliphatic hydroxyl groups is 3. The van der Waals surface area contributed by atoms with Crippen molar-refractivity contribution in [3.8, 4) is 0 Å². The standard InChI is InChI=1S/C18H22ClN3O5/c19-18-21-12-5-10(16-15(25)14(24)13(7-23)27-16)1-2-11(12)17(22-18)20-6-9-3-4-26-8-9/h1-2,5,9,13-16,23-25H,3-4,6-8H2,(H,20,21,22)/t9?,13-,14-,15-,16+/m1/s1. The lowest BCUT2D eigenvalue weighted by molar-refractivity contribution is -0.0227. The summed E-state index contributed by atoms with van der Waals surface area (Å²) in [7, 11) is 0. The normalized spacial score (nSPS) is 30.9. The molecule has 0 spiro atoms. The van der Waals surface area contributed by atoms with Crippen molar-refractivity contribution in [3.63, 3.8) is 0 Å². The summed E-state index contributed by atoms with van der Waals surface area (Å²) in [6.45, 7) is 1.89. The average molecular weight is 396 g/mol. The molecule has 2 saturated heterocycles. The average Bonchev–Trinajstić information content (AvgIpc) is 3.28. The smallest absolute Gasteiger partial charge is 0.224 e. The van der Waals surface area contributed by atoms with Crippen molar-refractivity contribution in [1.29, 1.82) is 0 Å². The third kappa shape index (κ3) is 3.73. The number of rotatable bonds is 5. The number of nitrogens with zero attached hydrogens (tertiary/aromatic N) is 2. The quantitative estimate of drug-likeness (QED) is 0.551. The first-order chi connectivity index (χ1) is 13.1. The number of ether oxygens (including phenoxy) is 2. The largest absolute Gasteiger partial charge is 0.394 e. The number of benzene rings is 1. The Labute approximate surface area is 161 Å². The van der Waals surface area contributed by atoms with Crippen molar-refractivity contribution in [2.45, 2.75) is 30.8 Å². The van der Waals surface area contributed by atoms with E-state index < -0.39 is 24.4 Å². The number of hydrogen-bond acceptors (Lipinski definition) is 8. The molecule has 0 amide bonds. The van der Waals surface area contributed by atoms with Gasteiger partial charge in [-0.1, -0.05) is 6.07 Å². The van der Waals surface area contributed by atoms with E-state index in [4.69, 9.17) is 21.1 Å². The molecule has 4 N–H and O–H groups in total. The zero-order valence-electron chi connectivity index (χ0n) is 14.6. The molecular weight excluding hydrogens is 374 g/mol. The molecule has 4 rings (SSSR count). The predicted octanol–water partition coefficient (Wildman–Crippen LogP) is 0.886. The van der Waals surface area contributed by atoms with Crippen molar-refractivity contribution in [2.24, 2.45) is 5.92 Å². The molecule has 0 radical (unpaired) electrons. The third-order valence-electron chi connectivity index (χ3n) is 5.15. The van der Waals surface area contributed by atoms with Crippen LogP contribution in [0.4, 0.5) is 5.82 Å². The zero-order valence-corrected chi connectivity index (χ0v) is 15.3. The van der Waals surface area contributed by atoms with Gasteiger partial charge in [0.15, 0.2) is 0 Å². The van der Waals surface area contributed by atoms with Crippen LogP contribution in [0.1, 0.15) is 18.1 Å². The summed E-state index contributed by atoms with van der Waals surface area (Å²) in [6.07, 6.45) is -2.82. The Balaban J connectivity index is 1.60. The van der Waals surface area contributed by atoms with Gasteiger partial charge in [0.05, 0.1) is 18.7 Å². The summed E-state index contributed by atoms with van der Waals surface area (Å²) in [4.78, 5) is 8.56. The summed E-state index contributed by atoms with van der Waals surface area (Å²) in [5, 5.41) is 33.7. The van der Waals surface area contributed by atoms with Gasteiger partial charge in [0.1, 0.15) is 30.2 Å². The molecule has 2 fully saturated rings. The van der Waals surface area contributed by atoms with Crippen LogP contribution in [0.25, 0.3) is 10.9 Å². The molecule has 1 aromatic carbocycles. The highest BCUT2D eigenvalue weighted by atomic mass is 35.5. The lowest BCUT2D eigenvalue weighted by Crippen LogP contribution is -2.32. The molecule has 0 bridgehead atoms. The Morgan fingerprint density at radius 1 is 1.22 bits per heavy atom. The molecule has 2 aliphatic heterocycles. The maximum atomic E-state index is 10.2. The van der Waals surface area contributed by atoms with E-state index in [1.807, 2.05) is 6.07 Å². The fraction of sp³-hybridized carbons (Fsp3) is 0.556. The van der Waals surface area contributed by atoms with Gasteiger partial charge in [-0.15, -0.1) is 0 Å². The van der Waals surface area contributed by atoms with Crippen molar-refractivity contribution in [2.75, 3.05) is 31.7 Å². The lowest BCUT2D eigenvalue weighted by atomic mass is 10.0. The van der Waals surface area contributed by atoms with Crippen molar-refractivity contribution < 1.29 is 24.8 Å². The molecule has 27 heavy (non-hydrogen) atoms. The number of halogens is 1. The van der Waals surface area contributed by atoms with Crippen LogP contribution in [0, 0.1) is 5.92 Å². The summed E-state index contributed by atoms with van der Waals surface area (Å²) in [6, 6.07) is 5.39. The SMILES string of the molecule is OC[C@H]1O[C@@H](c2ccc3c(NCC4CCOC4)nc(Cl)nc3c2)[C@H](O)[C@@H]1O. The minimum atomic E-state index is -1.14. The zero-order chi connectivity index (χ0) is 19.0. The monoisotopic (exact) mass is 395 g/mol. The van der Waals surface area contributed by atoms with Gasteiger partial charge in [-0.05, 0) is 35.7 Å². The number of aromatic nitrogens is 2. The van der Waals surface area contributed by atoms with E-state index in [1.165, 1.54) is 0 Å². The van der Waals surface area contributed by atoms with E-state index in [2.05, 4.69) is 15.3 Å². The van der Waals surface area contributed by atoms with E-state index in [-0.39, 0.29) is 11.9 Å². The van der Waals surface area contributed by atoms with E-state index >= 15 is 0 Å². The number of aliphatic hydroxyl groups excluding tert-OH is 3. The highest BCUT2D eigenvalue weighted by Gasteiger charge is 2.43. The van der Waals surface area contributed by atoms with Gasteiger partial charge in [0, 0.05) is 24.5 Å². The Morgan fingerprint density at radius 3 is 2.78 bits per heavy atom. The molecule has 2 aliphatic rings. The van der Waals surface area contributed by atoms with E-state index in [9.17, 15) is 15.3 Å². The Hall–Kier alpha value is -1.55. The summed E-state index contributed by atoms with van der Waals surface area (Å²) in [5.41, 5.74) is 1.25. The first-order valence-electron chi connectivity index (χ1n) is 8.98. The Morgan fingerprint density at radius 2 is 2.07 bits per heavy atom. The topological polar surface area (TPSA) is 117 Å². The number of anilines is 1. The van der Waals surface area contributed by atoms with Gasteiger partial charge in [0.2, 0.25) is 5.28 Å². The highest BCUT2D eigenvalue weighted by molar-refractivity contribution is 6.28. The van der Waals surface area contributed by atoms with Crippen LogP contribution in [0.2, 0.25) is 5.28 Å². The molecule has 146 valence electrons. The molecule has 0 saturated carbocycles. The molecule has 9 heteroatoms. The molecule has 1 unspecified atom stereocenters. The molecule has 1 aromatic heterocycles. The highest BCUT2D eigenvalue weighted by Crippen LogP contribution is 2.35. The summed E-state index contributed by atoms with van der Waals surface area (Å²) < 4.78 is 11.0. The van der Waals surface area contributed by atoms with Gasteiger partial charge in [0.25, 0.3) is 0 Å². The van der Waals surface area contributed by atoms with Crippen LogP contribution >= 0.6 is 11.6 Å². The number of fused-ring (bicyclic) bond motifs is 1. The van der Waals surface area contributed by atoms with Crippen molar-refractivity contribution in [1.82, 2.24) is 9.97 Å². The van der Waals surface area contributed by atoms with Gasteiger partial charge in [-0.25, -0.2) is 9.97 Å². The first kappa shape index (κ1) is 18.8. The van der Waals surface area contributed by atoms with Crippen LogP contribution < -0.4 is 5.32 Å². The van der Waals surface area contributed by atoms with Crippen LogP contribution in [0.15, 0.2) is 18.2 Å². The second-order valence-corrected chi connectivity index (χ2v) is 7.33. The van der Waals surface area contributed by atoms with Gasteiger partial charge in [-0.2, -0.15) is 0 Å². The maximum absolute atomic E-state index is 10.2. The fourth-order valence-corrected chi connectivity index (χ4v) is 3.77. The molecule has 5 atom stereocenters. The predicted molar refractivity (Wildman–Crippen MR) is 98.7 cm³/mol. The second kappa shape index (κ2) is 7.83. The van der Waals surface area contributed by atoms with E-state index in [0.29, 0.717) is 22.8 Å². The van der Waals surface area contributed by atoms with E-state index in [0.717, 1.165) is 31.6 Å². The first-order valence-corrected chi connectivity index (χ1v) is 9.36. The molecule has 0 aliphatic carbocycles. The van der Waals surface area contributed by atoms with Gasteiger partial charge < -0.3 is 30.1 Å². The van der Waals surface area contributed by atoms with Crippen LogP contribution in [-0.2, 0) is 9.47 Å². The van der Waals surface area contributed by atoms with Crippen molar-refractivity contribution >= 4 is 28.3 Å². The molecule has 8 nitrogen and oxygen atoms in total. The maximum Gasteiger partial charge on any atom is 0.224 e. The van der Waals surface area contributed by atoms with Crippen molar-refractivity contribution in [3.05, 3.63) is 29.0 Å². The van der Waals surface area contributed by atoms with Crippen LogP contribution in [-0.4, -0.2) is 70.0 Å². The van der Waals surface area contributed by atoms with Crippen LogP contribution in [0.5, 0.6) is 0 Å². The van der Waals surface area contributed by atoms with Gasteiger partial charge in [-0.3, -0.25) is 0 Å². The van der Waals surface area contributed by atoms with E-state index in [1.54, 1.807) is 12.1 Å². The number of nitrogens with one attached hydrogen (secondary N) is 1. The fourth-order valence-electron chi connectivity index (χ4n) is 3.59. The molecule has 2 aromatic rings. The summed E-state index contributed by atoms with van der Waals surface area (Å²) >= 11 is 6.09. The lowest BCUT2D eigenvalue weighted by Gasteiger charge is -2.17.